The van der Waals surface area contributed by atoms with Crippen LogP contribution in [0, 0.1) is 0 Å². The molecule has 0 saturated heterocycles. The molecule has 0 radical (unpaired) electrons. The second-order valence-electron chi connectivity index (χ2n) is 4.80. The lowest BCUT2D eigenvalue weighted by Gasteiger charge is -2.05. The molecule has 2 rings (SSSR count). The van der Waals surface area contributed by atoms with E-state index in [1.54, 1.807) is 24.3 Å². The number of rotatable bonds is 5. The largest absolute Gasteiger partial charge is 0.280 e. The zero-order valence-electron chi connectivity index (χ0n) is 12.1. The number of anilines is 1. The first-order valence-corrected chi connectivity index (χ1v) is 10.2. The Labute approximate surface area is 140 Å². The lowest BCUT2D eigenvalue weighted by atomic mass is 10.2. The Bertz CT molecular complexity index is 916. The number of sulfonamides is 1. The molecule has 0 unspecified atom stereocenters. The minimum Gasteiger partial charge on any atom is -0.280 e. The molecule has 0 aliphatic heterocycles. The van der Waals surface area contributed by atoms with E-state index in [1.165, 1.54) is 30.3 Å². The van der Waals surface area contributed by atoms with Crippen LogP contribution in [0.2, 0.25) is 5.02 Å². The van der Waals surface area contributed by atoms with E-state index in [0.717, 1.165) is 11.7 Å². The smallest absolute Gasteiger partial charge is 0.255 e. The van der Waals surface area contributed by atoms with E-state index >= 15 is 0 Å². The van der Waals surface area contributed by atoms with Crippen molar-refractivity contribution >= 4 is 43.2 Å². The maximum absolute atomic E-state index is 12.0. The molecule has 2 aromatic rings. The van der Waals surface area contributed by atoms with Gasteiger partial charge in [-0.2, -0.15) is 0 Å². The average Bonchev–Trinajstić information content (AvgIpc) is 2.46. The summed E-state index contributed by atoms with van der Waals surface area (Å²) in [5.74, 6) is 0. The highest BCUT2D eigenvalue weighted by Gasteiger charge is 2.09. The molecule has 5 nitrogen and oxygen atoms in total. The number of nitrogens with one attached hydrogen (secondary N) is 1. The fraction of sp³-hybridized carbons (Fsp3) is 0.0667. The normalized spacial score (nSPS) is 12.4. The van der Waals surface area contributed by atoms with Crippen molar-refractivity contribution < 1.29 is 16.8 Å². The van der Waals surface area contributed by atoms with Gasteiger partial charge in [-0.15, -0.1) is 0 Å². The third-order valence-corrected chi connectivity index (χ3v) is 5.25. The number of sulfone groups is 1. The summed E-state index contributed by atoms with van der Waals surface area (Å²) in [7, 11) is -7.02. The number of halogens is 1. The lowest BCUT2D eigenvalue weighted by Crippen LogP contribution is -2.09. The fourth-order valence-corrected chi connectivity index (χ4v) is 3.34. The summed E-state index contributed by atoms with van der Waals surface area (Å²) in [4.78, 5) is 0.122. The first-order valence-electron chi connectivity index (χ1n) is 6.42. The molecule has 0 atom stereocenters. The minimum atomic E-state index is -3.70. The lowest BCUT2D eigenvalue weighted by molar-refractivity contribution is 0.601. The van der Waals surface area contributed by atoms with Gasteiger partial charge < -0.3 is 0 Å². The molecule has 0 aromatic heterocycles. The number of hydrogen-bond donors (Lipinski definition) is 1. The third kappa shape index (κ3) is 5.38. The van der Waals surface area contributed by atoms with Crippen LogP contribution in [0.5, 0.6) is 0 Å². The van der Waals surface area contributed by atoms with Crippen LogP contribution in [0.25, 0.3) is 6.08 Å². The first-order chi connectivity index (χ1) is 10.7. The Morgan fingerprint density at radius 2 is 1.48 bits per heavy atom. The van der Waals surface area contributed by atoms with Crippen LogP contribution in [0.1, 0.15) is 5.56 Å². The Hall–Kier alpha value is -1.83. The van der Waals surface area contributed by atoms with Gasteiger partial charge in [-0.3, -0.25) is 4.72 Å². The summed E-state index contributed by atoms with van der Waals surface area (Å²) in [6, 6.07) is 12.2. The van der Waals surface area contributed by atoms with Crippen molar-refractivity contribution in [2.24, 2.45) is 0 Å². The molecule has 23 heavy (non-hydrogen) atoms. The van der Waals surface area contributed by atoms with Crippen molar-refractivity contribution in [3.05, 3.63) is 64.5 Å². The van der Waals surface area contributed by atoms with Crippen molar-refractivity contribution in [2.45, 2.75) is 4.90 Å². The summed E-state index contributed by atoms with van der Waals surface area (Å²) in [5.41, 5.74) is 0.963. The molecule has 0 aliphatic rings. The summed E-state index contributed by atoms with van der Waals surface area (Å²) in [6.45, 7) is 0. The Morgan fingerprint density at radius 1 is 0.913 bits per heavy atom. The third-order valence-electron chi connectivity index (χ3n) is 2.85. The molecule has 122 valence electrons. The summed E-state index contributed by atoms with van der Waals surface area (Å²) in [5, 5.41) is 1.59. The second kappa shape index (κ2) is 6.74. The van der Waals surface area contributed by atoms with Gasteiger partial charge in [-0.25, -0.2) is 16.8 Å². The Kier molecular flexibility index (Phi) is 5.13. The molecule has 0 bridgehead atoms. The van der Waals surface area contributed by atoms with Crippen molar-refractivity contribution in [1.82, 2.24) is 0 Å². The topological polar surface area (TPSA) is 80.3 Å². The predicted molar refractivity (Wildman–Crippen MR) is 92.6 cm³/mol. The molecular formula is C15H14ClNO4S2. The van der Waals surface area contributed by atoms with Crippen molar-refractivity contribution in [1.29, 1.82) is 0 Å². The van der Waals surface area contributed by atoms with Crippen LogP contribution in [-0.4, -0.2) is 23.1 Å². The van der Waals surface area contributed by atoms with Gasteiger partial charge in [0.15, 0.2) is 9.84 Å². The number of benzene rings is 2. The molecule has 2 aromatic carbocycles. The standard InChI is InChI=1S/C15H14ClNO4S2/c1-22(18,19)15-8-6-14(7-9-15)17-23(20,21)11-10-12-2-4-13(16)5-3-12/h2-11,17H,1H3/b11-10+. The molecule has 8 heteroatoms. The van der Waals surface area contributed by atoms with Gasteiger partial charge in [0.1, 0.15) is 0 Å². The molecule has 0 saturated carbocycles. The number of hydrogen-bond acceptors (Lipinski definition) is 4. The first kappa shape index (κ1) is 17.5. The zero-order valence-corrected chi connectivity index (χ0v) is 14.5. The maximum Gasteiger partial charge on any atom is 0.255 e. The highest BCUT2D eigenvalue weighted by Crippen LogP contribution is 2.16. The van der Waals surface area contributed by atoms with Crippen LogP contribution < -0.4 is 4.72 Å². The molecule has 0 spiro atoms. The van der Waals surface area contributed by atoms with Gasteiger partial charge in [0.25, 0.3) is 10.0 Å². The van der Waals surface area contributed by atoms with Gasteiger partial charge in [-0.05, 0) is 48.0 Å². The van der Waals surface area contributed by atoms with E-state index in [-0.39, 0.29) is 10.6 Å². The van der Waals surface area contributed by atoms with Crippen LogP contribution in [0.3, 0.4) is 0 Å². The molecule has 0 heterocycles. The minimum absolute atomic E-state index is 0.122. The van der Waals surface area contributed by atoms with Crippen LogP contribution >= 0.6 is 11.6 Å². The van der Waals surface area contributed by atoms with Gasteiger partial charge in [0.2, 0.25) is 0 Å². The summed E-state index contributed by atoms with van der Waals surface area (Å²) >= 11 is 5.76. The monoisotopic (exact) mass is 371 g/mol. The molecule has 0 amide bonds. The van der Waals surface area contributed by atoms with Gasteiger partial charge >= 0.3 is 0 Å². The van der Waals surface area contributed by atoms with Gasteiger partial charge in [0, 0.05) is 17.0 Å². The van der Waals surface area contributed by atoms with Crippen LogP contribution in [0.15, 0.2) is 58.8 Å². The van der Waals surface area contributed by atoms with Crippen molar-refractivity contribution in [2.75, 3.05) is 11.0 Å². The van der Waals surface area contributed by atoms with Crippen molar-refractivity contribution in [3.8, 4) is 0 Å². The second-order valence-corrected chi connectivity index (χ2v) is 8.82. The summed E-state index contributed by atoms with van der Waals surface area (Å²) in [6.07, 6.45) is 2.52. The molecule has 0 fully saturated rings. The Balaban J connectivity index is 2.13. The van der Waals surface area contributed by atoms with E-state index in [0.29, 0.717) is 10.6 Å². The van der Waals surface area contributed by atoms with Crippen LogP contribution in [0.4, 0.5) is 5.69 Å². The maximum atomic E-state index is 12.0. The van der Waals surface area contributed by atoms with Crippen LogP contribution in [-0.2, 0) is 19.9 Å². The van der Waals surface area contributed by atoms with E-state index < -0.39 is 19.9 Å². The van der Waals surface area contributed by atoms with E-state index in [2.05, 4.69) is 4.72 Å². The zero-order chi connectivity index (χ0) is 17.1. The fourth-order valence-electron chi connectivity index (χ4n) is 1.71. The molecular weight excluding hydrogens is 358 g/mol. The van der Waals surface area contributed by atoms with E-state index in [4.69, 9.17) is 11.6 Å². The Morgan fingerprint density at radius 3 is 2.00 bits per heavy atom. The highest BCUT2D eigenvalue weighted by molar-refractivity contribution is 7.95. The predicted octanol–water partition coefficient (Wildman–Crippen LogP) is 3.16. The van der Waals surface area contributed by atoms with E-state index in [9.17, 15) is 16.8 Å². The molecule has 1 N–H and O–H groups in total. The van der Waals surface area contributed by atoms with Crippen molar-refractivity contribution in [3.63, 3.8) is 0 Å². The summed E-state index contributed by atoms with van der Waals surface area (Å²) < 4.78 is 49.0. The quantitative estimate of drug-likeness (QED) is 0.875. The van der Waals surface area contributed by atoms with Gasteiger partial charge in [0.05, 0.1) is 10.3 Å². The average molecular weight is 372 g/mol. The molecule has 0 aliphatic carbocycles. The van der Waals surface area contributed by atoms with Gasteiger partial charge in [-0.1, -0.05) is 23.7 Å². The SMILES string of the molecule is CS(=O)(=O)c1ccc(NS(=O)(=O)/C=C/c2ccc(Cl)cc2)cc1. The van der Waals surface area contributed by atoms with E-state index in [1.807, 2.05) is 0 Å². The highest BCUT2D eigenvalue weighted by atomic mass is 35.5.